The fourth-order valence-electron chi connectivity index (χ4n) is 4.59. The Morgan fingerprint density at radius 2 is 1.61 bits per heavy atom. The first-order chi connectivity index (χ1) is 22.1. The molecule has 0 fully saturated rings. The molecule has 0 aliphatic carbocycles. The van der Waals surface area contributed by atoms with E-state index in [0.29, 0.717) is 34.0 Å². The highest BCUT2D eigenvalue weighted by Gasteiger charge is 2.17. The molecule has 2 heterocycles. The molecule has 0 saturated carbocycles. The van der Waals surface area contributed by atoms with E-state index in [0.717, 1.165) is 11.1 Å². The van der Waals surface area contributed by atoms with Crippen LogP contribution >= 0.6 is 0 Å². The smallest absolute Gasteiger partial charge is 0.319 e. The van der Waals surface area contributed by atoms with E-state index in [1.807, 2.05) is 6.92 Å². The Bertz CT molecular complexity index is 1670. The molecule has 0 atom stereocenters. The van der Waals surface area contributed by atoms with Gasteiger partial charge in [-0.3, -0.25) is 29.1 Å². The van der Waals surface area contributed by atoms with Crippen molar-refractivity contribution in [3.63, 3.8) is 0 Å². The fourth-order valence-corrected chi connectivity index (χ4v) is 4.59. The van der Waals surface area contributed by atoms with Crippen molar-refractivity contribution in [3.8, 4) is 22.9 Å². The number of benzene rings is 2. The fraction of sp³-hybridized carbons (Fsp3) is 0.265. The number of amides is 1. The minimum absolute atomic E-state index is 0.0281. The topological polar surface area (TPSA) is 140 Å². The van der Waals surface area contributed by atoms with Gasteiger partial charge in [0.15, 0.2) is 0 Å². The molecule has 2 aromatic heterocycles. The van der Waals surface area contributed by atoms with Crippen LogP contribution in [0.4, 0.5) is 4.39 Å². The number of hydrogen-bond donors (Lipinski definition) is 2. The minimum atomic E-state index is -0.513. The highest BCUT2D eigenvalue weighted by atomic mass is 19.1. The first-order valence-electron chi connectivity index (χ1n) is 14.5. The van der Waals surface area contributed by atoms with Gasteiger partial charge in [-0.25, -0.2) is 4.39 Å². The number of ether oxygens (including phenoxy) is 3. The predicted molar refractivity (Wildman–Crippen MR) is 167 cm³/mol. The van der Waals surface area contributed by atoms with E-state index in [-0.39, 0.29) is 56.5 Å². The van der Waals surface area contributed by atoms with Crippen molar-refractivity contribution >= 4 is 23.6 Å². The standard InChI is InChI=1S/C34H35FN4O7/c1-22-4-9-29(35)24(14-22)16-26(40)15-23-5-7-27(8-6-23)46-28-10-11-36-31(18-28)30-17-25(19-38-30)34(43)37-12-13-39(20-32(41)44-2)21-33(42)45-3/h4-11,14,17-19,38H,12-13,15-16,20-21H2,1-3H3,(H,37,43). The van der Waals surface area contributed by atoms with E-state index in [2.05, 4.69) is 24.8 Å². The number of ketones is 1. The highest BCUT2D eigenvalue weighted by Crippen LogP contribution is 2.26. The van der Waals surface area contributed by atoms with Crippen LogP contribution in [0.3, 0.4) is 0 Å². The largest absolute Gasteiger partial charge is 0.468 e. The van der Waals surface area contributed by atoms with Gasteiger partial charge in [0, 0.05) is 44.4 Å². The number of hydrogen-bond acceptors (Lipinski definition) is 9. The van der Waals surface area contributed by atoms with Crippen molar-refractivity contribution in [3.05, 3.63) is 101 Å². The number of methoxy groups -OCH3 is 2. The maximum absolute atomic E-state index is 14.0. The average Bonchev–Trinajstić information content (AvgIpc) is 3.54. The summed E-state index contributed by atoms with van der Waals surface area (Å²) in [5.74, 6) is -0.781. The van der Waals surface area contributed by atoms with Gasteiger partial charge in [-0.15, -0.1) is 0 Å². The van der Waals surface area contributed by atoms with Crippen LogP contribution in [0, 0.1) is 12.7 Å². The molecule has 0 spiro atoms. The van der Waals surface area contributed by atoms with Gasteiger partial charge in [0.1, 0.15) is 23.1 Å². The summed E-state index contributed by atoms with van der Waals surface area (Å²) >= 11 is 0. The zero-order chi connectivity index (χ0) is 33.1. The van der Waals surface area contributed by atoms with Crippen LogP contribution in [0.25, 0.3) is 11.4 Å². The molecule has 4 aromatic rings. The number of H-pyrrole nitrogens is 1. The number of nitrogens with one attached hydrogen (secondary N) is 2. The third kappa shape index (κ3) is 9.83. The molecule has 1 amide bonds. The van der Waals surface area contributed by atoms with E-state index in [4.69, 9.17) is 4.74 Å². The zero-order valence-corrected chi connectivity index (χ0v) is 25.8. The van der Waals surface area contributed by atoms with Gasteiger partial charge < -0.3 is 24.5 Å². The molecule has 0 saturated heterocycles. The normalized spacial score (nSPS) is 10.8. The molecule has 12 heteroatoms. The molecule has 240 valence electrons. The van der Waals surface area contributed by atoms with Gasteiger partial charge in [0.2, 0.25) is 0 Å². The number of pyridine rings is 1. The second-order valence-electron chi connectivity index (χ2n) is 10.5. The number of aromatic amines is 1. The van der Waals surface area contributed by atoms with Gasteiger partial charge in [0.05, 0.1) is 44.3 Å². The summed E-state index contributed by atoms with van der Waals surface area (Å²) in [7, 11) is 2.51. The van der Waals surface area contributed by atoms with E-state index < -0.39 is 11.9 Å². The van der Waals surface area contributed by atoms with Crippen molar-refractivity contribution in [2.24, 2.45) is 0 Å². The molecule has 0 unspecified atom stereocenters. The zero-order valence-electron chi connectivity index (χ0n) is 25.8. The molecule has 0 aliphatic rings. The molecule has 0 aliphatic heterocycles. The van der Waals surface area contributed by atoms with E-state index in [1.54, 1.807) is 67.0 Å². The summed E-state index contributed by atoms with van der Waals surface area (Å²) in [6, 6.07) is 16.9. The number of aryl methyl sites for hydroxylation is 1. The lowest BCUT2D eigenvalue weighted by Gasteiger charge is -2.19. The van der Waals surface area contributed by atoms with Crippen LogP contribution in [-0.4, -0.2) is 78.9 Å². The Labute approximate surface area is 265 Å². The lowest BCUT2D eigenvalue weighted by atomic mass is 10.0. The molecular formula is C34H35FN4O7. The molecular weight excluding hydrogens is 595 g/mol. The molecule has 2 N–H and O–H groups in total. The maximum Gasteiger partial charge on any atom is 0.319 e. The van der Waals surface area contributed by atoms with Crippen molar-refractivity contribution in [2.75, 3.05) is 40.4 Å². The SMILES string of the molecule is COC(=O)CN(CCNC(=O)c1c[nH]c(-c2cc(Oc3ccc(CC(=O)Cc4cc(C)ccc4F)cc3)ccn2)c1)CC(=O)OC. The quantitative estimate of drug-likeness (QED) is 0.186. The van der Waals surface area contributed by atoms with Gasteiger partial charge in [0.25, 0.3) is 5.91 Å². The summed E-state index contributed by atoms with van der Waals surface area (Å²) in [6.07, 6.45) is 3.34. The van der Waals surface area contributed by atoms with Crippen LogP contribution in [0.2, 0.25) is 0 Å². The Morgan fingerprint density at radius 1 is 0.891 bits per heavy atom. The Hall–Kier alpha value is -5.36. The van der Waals surface area contributed by atoms with Gasteiger partial charge in [-0.05, 0) is 48.4 Å². The summed E-state index contributed by atoms with van der Waals surface area (Å²) in [5.41, 5.74) is 3.59. The second-order valence-corrected chi connectivity index (χ2v) is 10.5. The Balaban J connectivity index is 1.31. The monoisotopic (exact) mass is 630 g/mol. The second kappa shape index (κ2) is 16.1. The number of nitrogens with zero attached hydrogens (tertiary/aromatic N) is 2. The molecule has 11 nitrogen and oxygen atoms in total. The third-order valence-electron chi connectivity index (χ3n) is 6.98. The number of carbonyl (C=O) groups excluding carboxylic acids is 4. The first kappa shape index (κ1) is 33.5. The van der Waals surface area contributed by atoms with Crippen LogP contribution in [-0.2, 0) is 36.7 Å². The van der Waals surface area contributed by atoms with E-state index in [1.165, 1.54) is 25.2 Å². The number of halogens is 1. The van der Waals surface area contributed by atoms with Crippen LogP contribution in [0.15, 0.2) is 73.1 Å². The third-order valence-corrected chi connectivity index (χ3v) is 6.98. The number of carbonyl (C=O) groups is 4. The van der Waals surface area contributed by atoms with Crippen molar-refractivity contribution in [1.82, 2.24) is 20.2 Å². The van der Waals surface area contributed by atoms with Crippen molar-refractivity contribution < 1.29 is 37.8 Å². The first-order valence-corrected chi connectivity index (χ1v) is 14.5. The number of rotatable bonds is 15. The maximum atomic E-state index is 14.0. The predicted octanol–water partition coefficient (Wildman–Crippen LogP) is 4.05. The molecule has 0 radical (unpaired) electrons. The summed E-state index contributed by atoms with van der Waals surface area (Å²) in [4.78, 5) is 57.5. The van der Waals surface area contributed by atoms with Crippen LogP contribution < -0.4 is 10.1 Å². The van der Waals surface area contributed by atoms with Crippen LogP contribution in [0.1, 0.15) is 27.0 Å². The van der Waals surface area contributed by atoms with Gasteiger partial charge >= 0.3 is 11.9 Å². The van der Waals surface area contributed by atoms with E-state index in [9.17, 15) is 23.6 Å². The van der Waals surface area contributed by atoms with Gasteiger partial charge in [-0.1, -0.05) is 29.8 Å². The van der Waals surface area contributed by atoms with Crippen molar-refractivity contribution in [1.29, 1.82) is 0 Å². The summed E-state index contributed by atoms with van der Waals surface area (Å²) < 4.78 is 29.3. The minimum Gasteiger partial charge on any atom is -0.468 e. The molecule has 2 aromatic carbocycles. The lowest BCUT2D eigenvalue weighted by Crippen LogP contribution is -2.40. The Kier molecular flexibility index (Phi) is 11.7. The van der Waals surface area contributed by atoms with Crippen LogP contribution in [0.5, 0.6) is 11.5 Å². The average molecular weight is 631 g/mol. The lowest BCUT2D eigenvalue weighted by molar-refractivity contribution is -0.145. The molecule has 4 rings (SSSR count). The summed E-state index contributed by atoms with van der Waals surface area (Å²) in [6.45, 7) is 2.00. The van der Waals surface area contributed by atoms with Crippen molar-refractivity contribution in [2.45, 2.75) is 19.8 Å². The summed E-state index contributed by atoms with van der Waals surface area (Å²) in [5, 5.41) is 2.77. The Morgan fingerprint density at radius 3 is 2.30 bits per heavy atom. The number of aromatic nitrogens is 2. The number of Topliss-reactive ketones (excluding diaryl/α,β-unsaturated/α-hetero) is 1. The van der Waals surface area contributed by atoms with E-state index >= 15 is 0 Å². The van der Waals surface area contributed by atoms with Gasteiger partial charge in [-0.2, -0.15) is 0 Å². The molecule has 46 heavy (non-hydrogen) atoms. The molecule has 0 bridgehead atoms. The number of esters is 2. The highest BCUT2D eigenvalue weighted by molar-refractivity contribution is 5.95.